The van der Waals surface area contributed by atoms with Gasteiger partial charge in [-0.15, -0.1) is 0 Å². The van der Waals surface area contributed by atoms with E-state index in [1.54, 1.807) is 13.3 Å². The van der Waals surface area contributed by atoms with E-state index in [4.69, 9.17) is 16.3 Å². The van der Waals surface area contributed by atoms with Crippen molar-refractivity contribution in [1.29, 1.82) is 0 Å². The van der Waals surface area contributed by atoms with Gasteiger partial charge >= 0.3 is 0 Å². The Kier molecular flexibility index (Phi) is 8.59. The zero-order chi connectivity index (χ0) is 28.3. The number of likely N-dealkylation sites (tertiary alicyclic amines) is 1. The largest absolute Gasteiger partial charge is 0.383 e. The summed E-state index contributed by atoms with van der Waals surface area (Å²) in [5, 5.41) is 10.2. The Bertz CT molecular complexity index is 1380. The minimum atomic E-state index is -0.599. The molecule has 212 valence electrons. The van der Waals surface area contributed by atoms with Crippen molar-refractivity contribution in [3.8, 4) is 0 Å². The maximum Gasteiger partial charge on any atom is 0.234 e. The van der Waals surface area contributed by atoms with Gasteiger partial charge in [0.15, 0.2) is 5.82 Å². The Labute approximate surface area is 241 Å². The Morgan fingerprint density at radius 1 is 1.23 bits per heavy atom. The predicted molar refractivity (Wildman–Crippen MR) is 162 cm³/mol. The first-order valence-corrected chi connectivity index (χ1v) is 14.5. The van der Waals surface area contributed by atoms with Crippen molar-refractivity contribution < 1.29 is 9.53 Å². The van der Waals surface area contributed by atoms with Crippen LogP contribution in [0.5, 0.6) is 0 Å². The normalized spacial score (nSPS) is 18.3. The number of anilines is 4. The number of piperidine rings is 1. The monoisotopic (exact) mass is 562 g/mol. The van der Waals surface area contributed by atoms with E-state index in [9.17, 15) is 4.79 Å². The van der Waals surface area contributed by atoms with Gasteiger partial charge in [0.05, 0.1) is 18.2 Å². The van der Waals surface area contributed by atoms with Crippen molar-refractivity contribution in [2.45, 2.75) is 57.9 Å². The number of nitrogens with one attached hydrogen (secondary N) is 3. The summed E-state index contributed by atoms with van der Waals surface area (Å²) in [5.74, 6) is 1.56. The second kappa shape index (κ2) is 12.1. The number of fused-ring (bicyclic) bond motifs is 1. The Morgan fingerprint density at radius 2 is 2.08 bits per heavy atom. The lowest BCUT2D eigenvalue weighted by molar-refractivity contribution is -0.119. The van der Waals surface area contributed by atoms with Gasteiger partial charge in [-0.25, -0.2) is 4.98 Å². The summed E-state index contributed by atoms with van der Waals surface area (Å²) in [7, 11) is 1.76. The van der Waals surface area contributed by atoms with Crippen LogP contribution in [0.4, 0.5) is 23.1 Å². The number of aromatic nitrogens is 2. The first-order chi connectivity index (χ1) is 19.3. The Morgan fingerprint density at radius 3 is 2.88 bits per heavy atom. The summed E-state index contributed by atoms with van der Waals surface area (Å²) in [6.07, 6.45) is 4.93. The standard InChI is InChI=1S/C31H39ClN6O2/c1-5-20-16-21(23-9-7-13-38(19-23)14-15-40-4)11-12-25(20)36-30-34-18-24(32)28(37-30)33-17-22-8-6-10-26-27(22)31(2,3)29(39)35-26/h6,8,10-12,16,18,23H,5,7,9,13-15,17,19H2,1-4H3,(H,35,39)(H2,33,34,36,37). The molecular weight excluding hydrogens is 524 g/mol. The minimum Gasteiger partial charge on any atom is -0.383 e. The number of benzene rings is 2. The number of amides is 1. The zero-order valence-corrected chi connectivity index (χ0v) is 24.6. The molecule has 0 saturated carbocycles. The van der Waals surface area contributed by atoms with Gasteiger partial charge in [0.2, 0.25) is 11.9 Å². The van der Waals surface area contributed by atoms with Gasteiger partial charge in [0, 0.05) is 38.1 Å². The van der Waals surface area contributed by atoms with Crippen LogP contribution in [0.15, 0.2) is 42.6 Å². The first-order valence-electron chi connectivity index (χ1n) is 14.1. The highest BCUT2D eigenvalue weighted by atomic mass is 35.5. The zero-order valence-electron chi connectivity index (χ0n) is 23.8. The molecule has 2 aromatic carbocycles. The van der Waals surface area contributed by atoms with Crippen LogP contribution in [0.1, 0.15) is 61.8 Å². The fourth-order valence-electron chi connectivity index (χ4n) is 5.87. The molecule has 2 aliphatic rings. The third kappa shape index (κ3) is 5.94. The molecule has 5 rings (SSSR count). The number of carbonyl (C=O) groups is 1. The third-order valence-corrected chi connectivity index (χ3v) is 8.40. The smallest absolute Gasteiger partial charge is 0.234 e. The van der Waals surface area contributed by atoms with Gasteiger partial charge in [-0.2, -0.15) is 4.98 Å². The van der Waals surface area contributed by atoms with E-state index >= 15 is 0 Å². The lowest BCUT2D eigenvalue weighted by Crippen LogP contribution is -2.36. The second-order valence-corrected chi connectivity index (χ2v) is 11.6. The van der Waals surface area contributed by atoms with Crippen molar-refractivity contribution >= 4 is 40.6 Å². The van der Waals surface area contributed by atoms with Crippen LogP contribution < -0.4 is 16.0 Å². The van der Waals surface area contributed by atoms with Crippen molar-refractivity contribution in [2.24, 2.45) is 0 Å². The van der Waals surface area contributed by atoms with Gasteiger partial charge in [-0.1, -0.05) is 42.8 Å². The van der Waals surface area contributed by atoms with E-state index in [0.29, 0.717) is 29.3 Å². The average Bonchev–Trinajstić information content (AvgIpc) is 3.20. The third-order valence-electron chi connectivity index (χ3n) is 8.13. The molecule has 3 N–H and O–H groups in total. The highest BCUT2D eigenvalue weighted by molar-refractivity contribution is 6.32. The van der Waals surface area contributed by atoms with E-state index in [0.717, 1.165) is 55.2 Å². The number of methoxy groups -OCH3 is 1. The number of aryl methyl sites for hydroxylation is 1. The summed E-state index contributed by atoms with van der Waals surface area (Å²) in [4.78, 5) is 24.1. The molecule has 9 heteroatoms. The lowest BCUT2D eigenvalue weighted by atomic mass is 9.83. The molecule has 0 aliphatic carbocycles. The van der Waals surface area contributed by atoms with Crippen LogP contribution in [-0.2, 0) is 27.9 Å². The Hall–Kier alpha value is -3.20. The molecule has 1 unspecified atom stereocenters. The molecule has 3 heterocycles. The van der Waals surface area contributed by atoms with Crippen LogP contribution in [-0.4, -0.2) is 54.1 Å². The number of halogens is 1. The SMILES string of the molecule is CCc1cc(C2CCCN(CCOC)C2)ccc1Nc1ncc(Cl)c(NCc2cccc3c2C(C)(C)C(=O)N3)n1. The highest BCUT2D eigenvalue weighted by Gasteiger charge is 2.39. The van der Waals surface area contributed by atoms with Crippen molar-refractivity contribution in [3.05, 3.63) is 69.9 Å². The van der Waals surface area contributed by atoms with E-state index in [-0.39, 0.29) is 5.91 Å². The topological polar surface area (TPSA) is 91.4 Å². The van der Waals surface area contributed by atoms with Crippen molar-refractivity contribution in [3.63, 3.8) is 0 Å². The van der Waals surface area contributed by atoms with Crippen LogP contribution in [0.25, 0.3) is 0 Å². The summed E-state index contributed by atoms with van der Waals surface area (Å²) < 4.78 is 5.29. The summed E-state index contributed by atoms with van der Waals surface area (Å²) in [5.41, 5.74) is 5.91. The summed E-state index contributed by atoms with van der Waals surface area (Å²) in [6, 6.07) is 12.6. The molecule has 1 saturated heterocycles. The number of hydrogen-bond donors (Lipinski definition) is 3. The van der Waals surface area contributed by atoms with Crippen LogP contribution >= 0.6 is 11.6 Å². The quantitative estimate of drug-likeness (QED) is 0.275. The minimum absolute atomic E-state index is 0.00570. The fourth-order valence-corrected chi connectivity index (χ4v) is 6.02. The molecule has 2 aliphatic heterocycles. The number of carbonyl (C=O) groups excluding carboxylic acids is 1. The maximum absolute atomic E-state index is 12.5. The van der Waals surface area contributed by atoms with E-state index in [1.807, 2.05) is 32.0 Å². The molecule has 0 radical (unpaired) electrons. The molecule has 0 bridgehead atoms. The van der Waals surface area contributed by atoms with Gasteiger partial charge < -0.3 is 25.6 Å². The van der Waals surface area contributed by atoms with Crippen LogP contribution in [0.3, 0.4) is 0 Å². The lowest BCUT2D eigenvalue weighted by Gasteiger charge is -2.33. The molecule has 0 spiro atoms. The van der Waals surface area contributed by atoms with Gasteiger partial charge in [-0.3, -0.25) is 4.79 Å². The Balaban J connectivity index is 1.30. The van der Waals surface area contributed by atoms with Gasteiger partial charge in [-0.05, 0) is 80.0 Å². The van der Waals surface area contributed by atoms with Gasteiger partial charge in [0.25, 0.3) is 0 Å². The molecule has 1 fully saturated rings. The molecule has 3 aromatic rings. The highest BCUT2D eigenvalue weighted by Crippen LogP contribution is 2.40. The molecule has 40 heavy (non-hydrogen) atoms. The predicted octanol–water partition coefficient (Wildman–Crippen LogP) is 6.10. The fraction of sp³-hybridized carbons (Fsp3) is 0.452. The number of ether oxygens (including phenoxy) is 1. The summed E-state index contributed by atoms with van der Waals surface area (Å²) >= 11 is 6.48. The van der Waals surface area contributed by atoms with Crippen molar-refractivity contribution in [1.82, 2.24) is 14.9 Å². The van der Waals surface area contributed by atoms with Crippen LogP contribution in [0.2, 0.25) is 5.02 Å². The number of nitrogens with zero attached hydrogens (tertiary/aromatic N) is 3. The first kappa shape index (κ1) is 28.3. The molecular formula is C31H39ClN6O2. The molecule has 1 amide bonds. The maximum atomic E-state index is 12.5. The molecule has 1 aromatic heterocycles. The van der Waals surface area contributed by atoms with E-state index < -0.39 is 5.41 Å². The molecule has 1 atom stereocenters. The number of hydrogen-bond acceptors (Lipinski definition) is 7. The van der Waals surface area contributed by atoms with Gasteiger partial charge in [0.1, 0.15) is 5.02 Å². The van der Waals surface area contributed by atoms with Crippen LogP contribution in [0, 0.1) is 0 Å². The van der Waals surface area contributed by atoms with E-state index in [2.05, 4.69) is 55.9 Å². The summed E-state index contributed by atoms with van der Waals surface area (Å²) in [6.45, 7) is 10.5. The van der Waals surface area contributed by atoms with Crippen molar-refractivity contribution in [2.75, 3.05) is 49.3 Å². The van der Waals surface area contributed by atoms with E-state index in [1.165, 1.54) is 24.0 Å². The average molecular weight is 563 g/mol. The number of rotatable bonds is 10. The molecule has 8 nitrogen and oxygen atoms in total. The second-order valence-electron chi connectivity index (χ2n) is 11.2.